The van der Waals surface area contributed by atoms with Crippen molar-refractivity contribution in [3.05, 3.63) is 85.7 Å². The summed E-state index contributed by atoms with van der Waals surface area (Å²) in [6.45, 7) is 12.1. The molecule has 0 aliphatic carbocycles. The molecule has 1 aromatic heterocycles. The molecule has 0 saturated carbocycles. The van der Waals surface area contributed by atoms with Gasteiger partial charge < -0.3 is 4.57 Å². The number of aromatic nitrogens is 1. The lowest BCUT2D eigenvalue weighted by Gasteiger charge is -2.17. The van der Waals surface area contributed by atoms with Crippen LogP contribution in [0.4, 0.5) is 11.4 Å². The molecule has 3 aromatic rings. The van der Waals surface area contributed by atoms with Gasteiger partial charge in [-0.2, -0.15) is 0 Å². The average Bonchev–Trinajstić information content (AvgIpc) is 2.95. The van der Waals surface area contributed by atoms with Crippen molar-refractivity contribution < 1.29 is 4.92 Å². The summed E-state index contributed by atoms with van der Waals surface area (Å²) in [4.78, 5) is 15.5. The number of nitro groups is 1. The first-order valence-electron chi connectivity index (χ1n) is 9.82. The molecule has 0 radical (unpaired) electrons. The monoisotopic (exact) mass is 389 g/mol. The van der Waals surface area contributed by atoms with E-state index in [1.807, 2.05) is 13.0 Å². The van der Waals surface area contributed by atoms with Crippen molar-refractivity contribution >= 4 is 17.6 Å². The predicted molar refractivity (Wildman–Crippen MR) is 119 cm³/mol. The number of para-hydroxylation sites is 1. The molecule has 0 fully saturated rings. The summed E-state index contributed by atoms with van der Waals surface area (Å²) < 4.78 is 2.28. The first kappa shape index (κ1) is 20.5. The number of benzene rings is 2. The molecule has 0 saturated heterocycles. The van der Waals surface area contributed by atoms with Crippen LogP contribution >= 0.6 is 0 Å². The van der Waals surface area contributed by atoms with Gasteiger partial charge in [0.25, 0.3) is 5.69 Å². The second kappa shape index (κ2) is 8.03. The molecule has 2 aromatic carbocycles. The number of rotatable bonds is 5. The highest BCUT2D eigenvalue weighted by Crippen LogP contribution is 2.29. The Morgan fingerprint density at radius 2 is 1.79 bits per heavy atom. The predicted octanol–water partition coefficient (Wildman–Crippen LogP) is 6.24. The van der Waals surface area contributed by atoms with E-state index >= 15 is 0 Å². The van der Waals surface area contributed by atoms with Crippen LogP contribution in [0.5, 0.6) is 0 Å². The van der Waals surface area contributed by atoms with Crippen molar-refractivity contribution in [1.82, 2.24) is 4.57 Å². The maximum atomic E-state index is 11.3. The number of nitrogens with zero attached hydrogens (tertiary/aromatic N) is 3. The van der Waals surface area contributed by atoms with Gasteiger partial charge in [0.2, 0.25) is 0 Å². The van der Waals surface area contributed by atoms with Crippen molar-refractivity contribution in [2.24, 2.45) is 4.99 Å². The summed E-state index contributed by atoms with van der Waals surface area (Å²) in [5.74, 6) is 0. The van der Waals surface area contributed by atoms with Crippen LogP contribution in [0.15, 0.2) is 41.4 Å². The third-order valence-corrected chi connectivity index (χ3v) is 5.57. The minimum absolute atomic E-state index is 0.107. The van der Waals surface area contributed by atoms with E-state index in [2.05, 4.69) is 61.5 Å². The van der Waals surface area contributed by atoms with Gasteiger partial charge in [0.05, 0.1) is 16.3 Å². The van der Waals surface area contributed by atoms with Crippen molar-refractivity contribution in [2.75, 3.05) is 0 Å². The smallest absolute Gasteiger partial charge is 0.274 e. The lowest BCUT2D eigenvalue weighted by atomic mass is 10.1. The summed E-state index contributed by atoms with van der Waals surface area (Å²) in [5.41, 5.74) is 9.26. The molecule has 0 amide bonds. The van der Waals surface area contributed by atoms with E-state index in [0.717, 1.165) is 28.9 Å². The fourth-order valence-corrected chi connectivity index (χ4v) is 3.82. The molecule has 0 atom stereocenters. The van der Waals surface area contributed by atoms with E-state index in [4.69, 9.17) is 0 Å². The van der Waals surface area contributed by atoms with E-state index in [1.165, 1.54) is 22.9 Å². The lowest BCUT2D eigenvalue weighted by molar-refractivity contribution is -0.385. The van der Waals surface area contributed by atoms with Gasteiger partial charge in [0, 0.05) is 34.8 Å². The van der Waals surface area contributed by atoms with Crippen LogP contribution in [-0.2, 0) is 6.42 Å². The Labute approximate surface area is 171 Å². The number of hydrogen-bond acceptors (Lipinski definition) is 3. The van der Waals surface area contributed by atoms with E-state index < -0.39 is 0 Å². The van der Waals surface area contributed by atoms with Crippen LogP contribution in [0.1, 0.15) is 46.1 Å². The average molecular weight is 389 g/mol. The minimum Gasteiger partial charge on any atom is -0.317 e. The third kappa shape index (κ3) is 3.86. The highest BCUT2D eigenvalue weighted by atomic mass is 16.6. The van der Waals surface area contributed by atoms with Crippen LogP contribution in [0.25, 0.3) is 5.69 Å². The van der Waals surface area contributed by atoms with Gasteiger partial charge in [0.15, 0.2) is 0 Å². The Morgan fingerprint density at radius 3 is 2.45 bits per heavy atom. The summed E-state index contributed by atoms with van der Waals surface area (Å²) in [5, 5.41) is 11.3. The molecular formula is C24H27N3O2. The van der Waals surface area contributed by atoms with Gasteiger partial charge in [-0.3, -0.25) is 15.1 Å². The third-order valence-electron chi connectivity index (χ3n) is 5.57. The molecule has 3 rings (SSSR count). The van der Waals surface area contributed by atoms with Crippen LogP contribution < -0.4 is 0 Å². The summed E-state index contributed by atoms with van der Waals surface area (Å²) in [7, 11) is 0. The van der Waals surface area contributed by atoms with Crippen molar-refractivity contribution in [2.45, 2.75) is 48.0 Å². The number of aliphatic imine (C=N–C) groups is 1. The fourth-order valence-electron chi connectivity index (χ4n) is 3.82. The molecule has 1 heterocycles. The normalized spacial score (nSPS) is 11.4. The molecule has 150 valence electrons. The van der Waals surface area contributed by atoms with E-state index in [0.29, 0.717) is 11.3 Å². The number of hydrogen-bond donors (Lipinski definition) is 0. The standard InChI is InChI=1S/C24H27N3O2/c1-7-20-10-8-9-15(2)24(20)26-17(4)12-21(19(26)6)14-25-22-11-16(3)18(5)23(13-22)27(28)29/h8-14H,7H2,1-6H3. The molecule has 0 spiro atoms. The fraction of sp³-hybridized carbons (Fsp3) is 0.292. The van der Waals surface area contributed by atoms with Crippen molar-refractivity contribution in [3.63, 3.8) is 0 Å². The second-order valence-electron chi connectivity index (χ2n) is 7.52. The van der Waals surface area contributed by atoms with E-state index in [1.54, 1.807) is 13.1 Å². The SMILES string of the molecule is CCc1cccc(C)c1-n1c(C)cc(C=Nc2cc(C)c(C)c([N+](=O)[O-])c2)c1C. The molecule has 0 aliphatic rings. The molecule has 0 N–H and O–H groups in total. The van der Waals surface area contributed by atoms with Crippen molar-refractivity contribution in [1.29, 1.82) is 0 Å². The second-order valence-corrected chi connectivity index (χ2v) is 7.52. The molecule has 29 heavy (non-hydrogen) atoms. The maximum absolute atomic E-state index is 11.3. The number of nitro benzene ring substituents is 1. The summed E-state index contributed by atoms with van der Waals surface area (Å²) in [6.07, 6.45) is 2.76. The number of aryl methyl sites for hydroxylation is 4. The molecule has 0 bridgehead atoms. The largest absolute Gasteiger partial charge is 0.317 e. The lowest BCUT2D eigenvalue weighted by Crippen LogP contribution is -2.05. The zero-order valence-corrected chi connectivity index (χ0v) is 17.9. The van der Waals surface area contributed by atoms with Gasteiger partial charge >= 0.3 is 0 Å². The Balaban J connectivity index is 2.06. The van der Waals surface area contributed by atoms with Gasteiger partial charge in [-0.15, -0.1) is 0 Å². The first-order valence-corrected chi connectivity index (χ1v) is 9.82. The zero-order chi connectivity index (χ0) is 21.3. The molecule has 0 unspecified atom stereocenters. The topological polar surface area (TPSA) is 60.4 Å². The van der Waals surface area contributed by atoms with Gasteiger partial charge in [0.1, 0.15) is 0 Å². The Hall–Kier alpha value is -3.21. The van der Waals surface area contributed by atoms with Crippen LogP contribution in [0.2, 0.25) is 0 Å². The van der Waals surface area contributed by atoms with E-state index in [-0.39, 0.29) is 10.6 Å². The van der Waals surface area contributed by atoms with Crippen molar-refractivity contribution in [3.8, 4) is 5.69 Å². The summed E-state index contributed by atoms with van der Waals surface area (Å²) >= 11 is 0. The quantitative estimate of drug-likeness (QED) is 0.294. The van der Waals surface area contributed by atoms with E-state index in [9.17, 15) is 10.1 Å². The minimum atomic E-state index is -0.350. The van der Waals surface area contributed by atoms with Gasteiger partial charge in [-0.25, -0.2) is 0 Å². The molecule has 5 heteroatoms. The zero-order valence-electron chi connectivity index (χ0n) is 17.9. The van der Waals surface area contributed by atoms with Crippen LogP contribution in [-0.4, -0.2) is 15.7 Å². The maximum Gasteiger partial charge on any atom is 0.274 e. The summed E-state index contributed by atoms with van der Waals surface area (Å²) in [6, 6.07) is 11.9. The first-order chi connectivity index (χ1) is 13.7. The van der Waals surface area contributed by atoms with Crippen LogP contribution in [0.3, 0.4) is 0 Å². The Kier molecular flexibility index (Phi) is 5.69. The van der Waals surface area contributed by atoms with Gasteiger partial charge in [-0.1, -0.05) is 25.1 Å². The Morgan fingerprint density at radius 1 is 1.07 bits per heavy atom. The highest BCUT2D eigenvalue weighted by Gasteiger charge is 2.15. The molecule has 0 aliphatic heterocycles. The van der Waals surface area contributed by atoms with Gasteiger partial charge in [-0.05, 0) is 69.9 Å². The van der Waals surface area contributed by atoms with Crippen LogP contribution in [0, 0.1) is 44.7 Å². The highest BCUT2D eigenvalue weighted by molar-refractivity contribution is 5.84. The molecule has 5 nitrogen and oxygen atoms in total. The molecular weight excluding hydrogens is 362 g/mol. The Bertz CT molecular complexity index is 1120.